The van der Waals surface area contributed by atoms with E-state index >= 15 is 0 Å². The first-order valence-electron chi connectivity index (χ1n) is 10.8. The first-order chi connectivity index (χ1) is 15.5. The van der Waals surface area contributed by atoms with Crippen LogP contribution >= 0.6 is 11.8 Å². The number of carbonyl (C=O) groups excluding carboxylic acids is 3. The number of amides is 2. The van der Waals surface area contributed by atoms with Gasteiger partial charge in [-0.15, -0.1) is 0 Å². The summed E-state index contributed by atoms with van der Waals surface area (Å²) < 4.78 is 4.74. The van der Waals surface area contributed by atoms with E-state index in [0.29, 0.717) is 21.9 Å². The molecule has 2 heterocycles. The largest absolute Gasteiger partial charge is 0.465 e. The Morgan fingerprint density at radius 1 is 0.875 bits per heavy atom. The Bertz CT molecular complexity index is 1050. The molecule has 0 aromatic heterocycles. The predicted molar refractivity (Wildman–Crippen MR) is 124 cm³/mol. The number of ether oxygens (including phenoxy) is 1. The molecule has 2 aromatic rings. The summed E-state index contributed by atoms with van der Waals surface area (Å²) >= 11 is 1.34. The third-order valence-electron chi connectivity index (χ3n) is 5.73. The van der Waals surface area contributed by atoms with Crippen molar-refractivity contribution in [2.24, 2.45) is 0 Å². The lowest BCUT2D eigenvalue weighted by molar-refractivity contribution is -0.121. The van der Waals surface area contributed by atoms with E-state index < -0.39 is 5.97 Å². The van der Waals surface area contributed by atoms with Crippen LogP contribution in [0.1, 0.15) is 41.6 Å². The highest BCUT2D eigenvalue weighted by atomic mass is 32.2. The van der Waals surface area contributed by atoms with Crippen molar-refractivity contribution in [2.75, 3.05) is 25.1 Å². The summed E-state index contributed by atoms with van der Waals surface area (Å²) in [6.45, 7) is 3.54. The Morgan fingerprint density at radius 3 is 2.09 bits per heavy atom. The van der Waals surface area contributed by atoms with Gasteiger partial charge in [-0.3, -0.25) is 9.59 Å². The highest BCUT2D eigenvalue weighted by Gasteiger charge is 2.42. The third kappa shape index (κ3) is 4.43. The van der Waals surface area contributed by atoms with Crippen molar-refractivity contribution >= 4 is 35.2 Å². The number of esters is 1. The van der Waals surface area contributed by atoms with E-state index in [9.17, 15) is 14.4 Å². The number of carbonyl (C=O) groups is 3. The number of methoxy groups -OCH3 is 1. The van der Waals surface area contributed by atoms with Gasteiger partial charge >= 0.3 is 5.97 Å². The second kappa shape index (κ2) is 9.61. The van der Waals surface area contributed by atoms with Crippen LogP contribution in [0.2, 0.25) is 0 Å². The molecule has 2 amide bonds. The molecule has 0 bridgehead atoms. The molecule has 0 unspecified atom stereocenters. The monoisotopic (exact) mass is 450 g/mol. The molecule has 2 aliphatic heterocycles. The van der Waals surface area contributed by atoms with Crippen LogP contribution in [0.3, 0.4) is 0 Å². The van der Waals surface area contributed by atoms with Crippen molar-refractivity contribution in [3.63, 3.8) is 0 Å². The van der Waals surface area contributed by atoms with Gasteiger partial charge in [0.15, 0.2) is 0 Å². The first kappa shape index (κ1) is 22.1. The number of hydrogen-bond acceptors (Lipinski definition) is 6. The number of nitrogens with zero attached hydrogens (tertiary/aromatic N) is 2. The van der Waals surface area contributed by atoms with Crippen LogP contribution in [0.15, 0.2) is 64.0 Å². The SMILES string of the molecule is COC(=O)c1ccc(N2C(=O)C(Sc3ccc(C)cc3)=C(N3CCCCCC3)C2=O)cc1. The van der Waals surface area contributed by atoms with Crippen molar-refractivity contribution in [3.05, 3.63) is 70.3 Å². The highest BCUT2D eigenvalue weighted by molar-refractivity contribution is 8.04. The Morgan fingerprint density at radius 2 is 1.50 bits per heavy atom. The summed E-state index contributed by atoms with van der Waals surface area (Å²) in [6.07, 6.45) is 4.26. The number of rotatable bonds is 5. The molecular formula is C25H26N2O4S. The summed E-state index contributed by atoms with van der Waals surface area (Å²) in [4.78, 5) is 43.5. The van der Waals surface area contributed by atoms with Crippen LogP contribution in [0.4, 0.5) is 5.69 Å². The average molecular weight is 451 g/mol. The lowest BCUT2D eigenvalue weighted by Crippen LogP contribution is -2.35. The number of imide groups is 1. The maximum atomic E-state index is 13.6. The zero-order chi connectivity index (χ0) is 22.7. The molecule has 1 saturated heterocycles. The molecule has 0 spiro atoms. The summed E-state index contributed by atoms with van der Waals surface area (Å²) in [6, 6.07) is 14.3. The van der Waals surface area contributed by atoms with Crippen LogP contribution in [-0.2, 0) is 14.3 Å². The second-order valence-electron chi connectivity index (χ2n) is 7.98. The minimum absolute atomic E-state index is 0.308. The van der Waals surface area contributed by atoms with Gasteiger partial charge in [0, 0.05) is 18.0 Å². The Labute approximate surface area is 192 Å². The maximum Gasteiger partial charge on any atom is 0.337 e. The van der Waals surface area contributed by atoms with Crippen LogP contribution in [0, 0.1) is 6.92 Å². The van der Waals surface area contributed by atoms with Gasteiger partial charge in [-0.25, -0.2) is 9.69 Å². The summed E-state index contributed by atoms with van der Waals surface area (Å²) in [5, 5.41) is 0. The zero-order valence-electron chi connectivity index (χ0n) is 18.3. The number of anilines is 1. The third-order valence-corrected chi connectivity index (χ3v) is 6.81. The Kier molecular flexibility index (Phi) is 6.65. The van der Waals surface area contributed by atoms with Gasteiger partial charge in [0.25, 0.3) is 11.8 Å². The van der Waals surface area contributed by atoms with E-state index in [2.05, 4.69) is 4.90 Å². The normalized spacial score (nSPS) is 17.1. The van der Waals surface area contributed by atoms with Gasteiger partial charge < -0.3 is 9.64 Å². The molecule has 0 saturated carbocycles. The minimum Gasteiger partial charge on any atom is -0.465 e. The standard InChI is InChI=1S/C25H26N2O4S/c1-17-7-13-20(14-8-17)32-22-21(26-15-5-3-4-6-16-26)23(28)27(24(22)29)19-11-9-18(10-12-19)25(30)31-2/h7-14H,3-6,15-16H2,1-2H3. The number of aryl methyl sites for hydroxylation is 1. The number of likely N-dealkylation sites (tertiary alicyclic amines) is 1. The van der Waals surface area contributed by atoms with E-state index in [4.69, 9.17) is 4.74 Å². The van der Waals surface area contributed by atoms with Gasteiger partial charge in [-0.2, -0.15) is 0 Å². The number of hydrogen-bond donors (Lipinski definition) is 0. The van der Waals surface area contributed by atoms with Crippen LogP contribution in [-0.4, -0.2) is 42.9 Å². The predicted octanol–water partition coefficient (Wildman–Crippen LogP) is 4.53. The summed E-state index contributed by atoms with van der Waals surface area (Å²) in [5.41, 5.74) is 2.43. The molecular weight excluding hydrogens is 424 g/mol. The fourth-order valence-electron chi connectivity index (χ4n) is 3.99. The molecule has 2 aromatic carbocycles. The summed E-state index contributed by atoms with van der Waals surface area (Å²) in [7, 11) is 1.32. The average Bonchev–Trinajstić information content (AvgIpc) is 2.98. The van der Waals surface area contributed by atoms with Crippen LogP contribution in [0.25, 0.3) is 0 Å². The fraction of sp³-hybridized carbons (Fsp3) is 0.320. The van der Waals surface area contributed by atoms with E-state index in [-0.39, 0.29) is 11.8 Å². The van der Waals surface area contributed by atoms with Crippen LogP contribution < -0.4 is 4.90 Å². The molecule has 0 N–H and O–H groups in total. The van der Waals surface area contributed by atoms with Crippen molar-refractivity contribution in [1.82, 2.24) is 4.90 Å². The second-order valence-corrected chi connectivity index (χ2v) is 9.06. The molecule has 32 heavy (non-hydrogen) atoms. The molecule has 166 valence electrons. The zero-order valence-corrected chi connectivity index (χ0v) is 19.1. The minimum atomic E-state index is -0.463. The molecule has 6 nitrogen and oxygen atoms in total. The Balaban J connectivity index is 1.70. The fourth-order valence-corrected chi connectivity index (χ4v) is 4.99. The van der Waals surface area contributed by atoms with Gasteiger partial charge in [0.1, 0.15) is 10.6 Å². The van der Waals surface area contributed by atoms with Gasteiger partial charge in [0.2, 0.25) is 0 Å². The van der Waals surface area contributed by atoms with Crippen molar-refractivity contribution in [1.29, 1.82) is 0 Å². The number of thioether (sulfide) groups is 1. The van der Waals surface area contributed by atoms with Gasteiger partial charge in [-0.05, 0) is 56.2 Å². The highest BCUT2D eigenvalue weighted by Crippen LogP contribution is 2.39. The van der Waals surface area contributed by atoms with Crippen molar-refractivity contribution in [3.8, 4) is 0 Å². The topological polar surface area (TPSA) is 66.9 Å². The van der Waals surface area contributed by atoms with Gasteiger partial charge in [0.05, 0.1) is 18.4 Å². The molecule has 0 aliphatic carbocycles. The van der Waals surface area contributed by atoms with Crippen molar-refractivity contribution in [2.45, 2.75) is 37.5 Å². The molecule has 2 aliphatic rings. The Hall–Kier alpha value is -3.06. The quantitative estimate of drug-likeness (QED) is 0.492. The summed E-state index contributed by atoms with van der Waals surface area (Å²) in [5.74, 6) is -1.10. The smallest absolute Gasteiger partial charge is 0.337 e. The first-order valence-corrected chi connectivity index (χ1v) is 11.6. The molecule has 0 atom stereocenters. The molecule has 7 heteroatoms. The lowest BCUT2D eigenvalue weighted by Gasteiger charge is -2.24. The molecule has 4 rings (SSSR count). The number of benzene rings is 2. The van der Waals surface area contributed by atoms with E-state index in [1.807, 2.05) is 31.2 Å². The maximum absolute atomic E-state index is 13.6. The van der Waals surface area contributed by atoms with Crippen LogP contribution in [0.5, 0.6) is 0 Å². The molecule has 1 fully saturated rings. The van der Waals surface area contributed by atoms with E-state index in [1.165, 1.54) is 23.8 Å². The van der Waals surface area contributed by atoms with E-state index in [0.717, 1.165) is 49.2 Å². The molecule has 0 radical (unpaired) electrons. The lowest BCUT2D eigenvalue weighted by atomic mass is 10.2. The van der Waals surface area contributed by atoms with Crippen molar-refractivity contribution < 1.29 is 19.1 Å². The van der Waals surface area contributed by atoms with E-state index in [1.54, 1.807) is 24.3 Å². The van der Waals surface area contributed by atoms with Gasteiger partial charge in [-0.1, -0.05) is 42.3 Å².